The molecule has 0 atom stereocenters. The maximum absolute atomic E-state index is 6.26. The Morgan fingerprint density at radius 3 is 3.14 bits per heavy atom. The number of halogens is 1. The van der Waals surface area contributed by atoms with Gasteiger partial charge in [0.1, 0.15) is 5.82 Å². The van der Waals surface area contributed by atoms with Crippen LogP contribution in [0, 0.1) is 0 Å². The molecule has 0 amide bonds. The highest BCUT2D eigenvalue weighted by Gasteiger charge is 2.27. The number of hydrogen-bond donors (Lipinski definition) is 1. The molecule has 116 valence electrons. The van der Waals surface area contributed by atoms with Crippen molar-refractivity contribution < 1.29 is 0 Å². The highest BCUT2D eigenvalue weighted by atomic mass is 35.5. The SMILES string of the molecule is Clc1cccc2c1CCN(CCNc1nc(C3CC3)ns1)C2. The van der Waals surface area contributed by atoms with Crippen LogP contribution in [0.1, 0.15) is 35.7 Å². The second kappa shape index (κ2) is 6.14. The molecular weight excluding hydrogens is 316 g/mol. The molecule has 0 radical (unpaired) electrons. The number of hydrogen-bond acceptors (Lipinski definition) is 5. The van der Waals surface area contributed by atoms with Gasteiger partial charge in [-0.05, 0) is 36.5 Å². The smallest absolute Gasteiger partial charge is 0.202 e. The molecule has 2 heterocycles. The number of aromatic nitrogens is 2. The molecule has 2 aromatic rings. The fraction of sp³-hybridized carbons (Fsp3) is 0.500. The number of fused-ring (bicyclic) bond motifs is 1. The quantitative estimate of drug-likeness (QED) is 0.908. The van der Waals surface area contributed by atoms with Gasteiger partial charge in [0, 0.05) is 48.7 Å². The number of benzene rings is 1. The molecule has 1 aliphatic heterocycles. The van der Waals surface area contributed by atoms with Crippen molar-refractivity contribution in [2.75, 3.05) is 25.0 Å². The van der Waals surface area contributed by atoms with Crippen molar-refractivity contribution >= 4 is 28.3 Å². The summed E-state index contributed by atoms with van der Waals surface area (Å²) in [4.78, 5) is 7.03. The topological polar surface area (TPSA) is 41.0 Å². The van der Waals surface area contributed by atoms with E-state index >= 15 is 0 Å². The van der Waals surface area contributed by atoms with Gasteiger partial charge in [-0.2, -0.15) is 4.37 Å². The van der Waals surface area contributed by atoms with Crippen LogP contribution in [0.5, 0.6) is 0 Å². The maximum atomic E-state index is 6.26. The minimum atomic E-state index is 0.634. The van der Waals surface area contributed by atoms with Crippen LogP contribution in [0.4, 0.5) is 5.13 Å². The van der Waals surface area contributed by atoms with Gasteiger partial charge < -0.3 is 5.32 Å². The molecule has 0 unspecified atom stereocenters. The van der Waals surface area contributed by atoms with Crippen molar-refractivity contribution in [3.8, 4) is 0 Å². The maximum Gasteiger partial charge on any atom is 0.202 e. The molecule has 0 spiro atoms. The lowest BCUT2D eigenvalue weighted by Crippen LogP contribution is -2.34. The highest BCUT2D eigenvalue weighted by Crippen LogP contribution is 2.39. The first-order valence-corrected chi connectivity index (χ1v) is 9.01. The Morgan fingerprint density at radius 1 is 1.36 bits per heavy atom. The zero-order valence-corrected chi connectivity index (χ0v) is 14.0. The third kappa shape index (κ3) is 3.12. The second-order valence-corrected chi connectivity index (χ2v) is 7.22. The average molecular weight is 335 g/mol. The number of anilines is 1. The summed E-state index contributed by atoms with van der Waals surface area (Å²) in [5.41, 5.74) is 2.69. The zero-order valence-electron chi connectivity index (χ0n) is 12.4. The fourth-order valence-electron chi connectivity index (χ4n) is 2.95. The monoisotopic (exact) mass is 334 g/mol. The summed E-state index contributed by atoms with van der Waals surface area (Å²) >= 11 is 7.75. The summed E-state index contributed by atoms with van der Waals surface area (Å²) in [6, 6.07) is 6.22. The van der Waals surface area contributed by atoms with Gasteiger partial charge in [0.05, 0.1) is 0 Å². The molecule has 2 aliphatic rings. The molecule has 1 aliphatic carbocycles. The van der Waals surface area contributed by atoms with Gasteiger partial charge in [0.15, 0.2) is 0 Å². The molecular formula is C16H19ClN4S. The minimum absolute atomic E-state index is 0.634. The van der Waals surface area contributed by atoms with E-state index in [1.807, 2.05) is 12.1 Å². The summed E-state index contributed by atoms with van der Waals surface area (Å²) in [6.45, 7) is 3.99. The Labute approximate surface area is 139 Å². The van der Waals surface area contributed by atoms with E-state index in [0.29, 0.717) is 5.92 Å². The van der Waals surface area contributed by atoms with Crippen LogP contribution in [-0.2, 0) is 13.0 Å². The lowest BCUT2D eigenvalue weighted by molar-refractivity contribution is 0.264. The fourth-order valence-corrected chi connectivity index (χ4v) is 3.91. The van der Waals surface area contributed by atoms with Gasteiger partial charge >= 0.3 is 0 Å². The van der Waals surface area contributed by atoms with Crippen molar-refractivity contribution in [1.82, 2.24) is 14.3 Å². The van der Waals surface area contributed by atoms with Crippen LogP contribution in [-0.4, -0.2) is 33.9 Å². The molecule has 4 rings (SSSR count). The van der Waals surface area contributed by atoms with Crippen LogP contribution >= 0.6 is 23.1 Å². The van der Waals surface area contributed by atoms with E-state index in [1.54, 1.807) is 0 Å². The van der Waals surface area contributed by atoms with Crippen LogP contribution in [0.25, 0.3) is 0 Å². The Hall–Kier alpha value is -1.17. The number of nitrogens with one attached hydrogen (secondary N) is 1. The van der Waals surface area contributed by atoms with Gasteiger partial charge in [-0.25, -0.2) is 4.98 Å². The minimum Gasteiger partial charge on any atom is -0.359 e. The van der Waals surface area contributed by atoms with E-state index in [-0.39, 0.29) is 0 Å². The Kier molecular flexibility index (Phi) is 4.03. The van der Waals surface area contributed by atoms with Gasteiger partial charge in [0.25, 0.3) is 0 Å². The van der Waals surface area contributed by atoms with Crippen LogP contribution in [0.3, 0.4) is 0 Å². The molecule has 6 heteroatoms. The van der Waals surface area contributed by atoms with Crippen molar-refractivity contribution in [3.05, 3.63) is 40.2 Å². The van der Waals surface area contributed by atoms with Crippen molar-refractivity contribution in [1.29, 1.82) is 0 Å². The third-order valence-corrected chi connectivity index (χ3v) is 5.42. The Morgan fingerprint density at radius 2 is 2.27 bits per heavy atom. The molecule has 1 aromatic carbocycles. The number of nitrogens with zero attached hydrogens (tertiary/aromatic N) is 3. The molecule has 1 aromatic heterocycles. The van der Waals surface area contributed by atoms with Gasteiger partial charge in [-0.1, -0.05) is 23.7 Å². The first kappa shape index (κ1) is 14.4. The summed E-state index contributed by atoms with van der Waals surface area (Å²) in [5, 5.41) is 5.28. The van der Waals surface area contributed by atoms with E-state index in [9.17, 15) is 0 Å². The van der Waals surface area contributed by atoms with E-state index in [0.717, 1.165) is 48.6 Å². The summed E-state index contributed by atoms with van der Waals surface area (Å²) in [5.74, 6) is 1.67. The molecule has 0 bridgehead atoms. The van der Waals surface area contributed by atoms with Crippen LogP contribution in [0.15, 0.2) is 18.2 Å². The molecule has 1 N–H and O–H groups in total. The summed E-state index contributed by atoms with van der Waals surface area (Å²) in [6.07, 6.45) is 3.55. The Balaban J connectivity index is 1.29. The van der Waals surface area contributed by atoms with E-state index in [1.165, 1.54) is 35.5 Å². The van der Waals surface area contributed by atoms with E-state index < -0.39 is 0 Å². The van der Waals surface area contributed by atoms with E-state index in [4.69, 9.17) is 11.6 Å². The standard InChI is InChI=1S/C16H19ClN4S/c17-14-3-1-2-12-10-21(8-6-13(12)14)9-7-18-16-19-15(20-22-16)11-4-5-11/h1-3,11H,4-10H2,(H,18,19,20). The lowest BCUT2D eigenvalue weighted by Gasteiger charge is -2.29. The van der Waals surface area contributed by atoms with Gasteiger partial charge in [-0.3, -0.25) is 4.90 Å². The van der Waals surface area contributed by atoms with Gasteiger partial charge in [-0.15, -0.1) is 0 Å². The van der Waals surface area contributed by atoms with E-state index in [2.05, 4.69) is 25.6 Å². The Bertz CT molecular complexity index is 668. The third-order valence-electron chi connectivity index (χ3n) is 4.38. The summed E-state index contributed by atoms with van der Waals surface area (Å²) in [7, 11) is 0. The van der Waals surface area contributed by atoms with Crippen molar-refractivity contribution in [2.45, 2.75) is 31.7 Å². The molecule has 0 saturated heterocycles. The van der Waals surface area contributed by atoms with Crippen molar-refractivity contribution in [2.24, 2.45) is 0 Å². The molecule has 1 saturated carbocycles. The number of rotatable bonds is 5. The molecule has 22 heavy (non-hydrogen) atoms. The normalized spacial score (nSPS) is 18.2. The largest absolute Gasteiger partial charge is 0.359 e. The predicted molar refractivity (Wildman–Crippen MR) is 90.8 cm³/mol. The lowest BCUT2D eigenvalue weighted by atomic mass is 10.00. The first-order valence-electron chi connectivity index (χ1n) is 7.86. The van der Waals surface area contributed by atoms with Crippen molar-refractivity contribution in [3.63, 3.8) is 0 Å². The highest BCUT2D eigenvalue weighted by molar-refractivity contribution is 7.09. The van der Waals surface area contributed by atoms with Crippen LogP contribution < -0.4 is 5.32 Å². The second-order valence-electron chi connectivity index (χ2n) is 6.06. The molecule has 4 nitrogen and oxygen atoms in total. The first-order chi connectivity index (χ1) is 10.8. The zero-order chi connectivity index (χ0) is 14.9. The summed E-state index contributed by atoms with van der Waals surface area (Å²) < 4.78 is 4.42. The van der Waals surface area contributed by atoms with Crippen LogP contribution in [0.2, 0.25) is 5.02 Å². The van der Waals surface area contributed by atoms with Gasteiger partial charge in [0.2, 0.25) is 5.13 Å². The molecule has 1 fully saturated rings. The predicted octanol–water partition coefficient (Wildman–Crippen LogP) is 3.54. The average Bonchev–Trinajstić information content (AvgIpc) is 3.27.